The van der Waals surface area contributed by atoms with Crippen molar-refractivity contribution in [2.75, 3.05) is 5.32 Å². The van der Waals surface area contributed by atoms with Crippen molar-refractivity contribution in [3.05, 3.63) is 47.5 Å². The van der Waals surface area contributed by atoms with Gasteiger partial charge in [0.2, 0.25) is 11.8 Å². The largest absolute Gasteiger partial charge is 0.436 e. The minimum absolute atomic E-state index is 0.0873. The van der Waals surface area contributed by atoms with Gasteiger partial charge in [0, 0.05) is 18.2 Å². The molecule has 0 aliphatic rings. The lowest BCUT2D eigenvalue weighted by atomic mass is 10.1. The fraction of sp³-hybridized carbons (Fsp3) is 0.176. The van der Waals surface area contributed by atoms with Crippen molar-refractivity contribution in [1.82, 2.24) is 4.98 Å². The molecule has 0 aliphatic carbocycles. The highest BCUT2D eigenvalue weighted by atomic mass is 16.3. The Morgan fingerprint density at radius 2 is 1.86 bits per heavy atom. The Bertz CT molecular complexity index is 817. The first kappa shape index (κ1) is 13.4. The Morgan fingerprint density at radius 1 is 1.14 bits per heavy atom. The highest BCUT2D eigenvalue weighted by Crippen LogP contribution is 2.28. The first-order valence-corrected chi connectivity index (χ1v) is 6.79. The maximum absolute atomic E-state index is 11.0. The molecular formula is C17H16N2O2. The van der Waals surface area contributed by atoms with Gasteiger partial charge in [-0.05, 0) is 55.3 Å². The number of nitrogens with zero attached hydrogens (tertiary/aromatic N) is 1. The number of rotatable bonds is 2. The second kappa shape index (κ2) is 5.05. The van der Waals surface area contributed by atoms with Gasteiger partial charge in [0.25, 0.3) is 0 Å². The summed E-state index contributed by atoms with van der Waals surface area (Å²) < 4.78 is 5.86. The molecule has 2 aromatic carbocycles. The van der Waals surface area contributed by atoms with Crippen molar-refractivity contribution >= 4 is 22.7 Å². The second-order valence-corrected chi connectivity index (χ2v) is 5.21. The van der Waals surface area contributed by atoms with Crippen LogP contribution < -0.4 is 5.32 Å². The van der Waals surface area contributed by atoms with Crippen LogP contribution >= 0.6 is 0 Å². The number of aryl methyl sites for hydroxylation is 2. The van der Waals surface area contributed by atoms with Crippen LogP contribution in [0.3, 0.4) is 0 Å². The average Bonchev–Trinajstić information content (AvgIpc) is 2.83. The summed E-state index contributed by atoms with van der Waals surface area (Å²) in [7, 11) is 0. The van der Waals surface area contributed by atoms with Crippen LogP contribution in [0.5, 0.6) is 0 Å². The third-order valence-electron chi connectivity index (χ3n) is 3.27. The number of hydrogen-bond acceptors (Lipinski definition) is 3. The maximum Gasteiger partial charge on any atom is 0.227 e. The highest BCUT2D eigenvalue weighted by molar-refractivity contribution is 5.89. The van der Waals surface area contributed by atoms with Crippen LogP contribution in [0.1, 0.15) is 18.1 Å². The van der Waals surface area contributed by atoms with Gasteiger partial charge in [0.15, 0.2) is 5.58 Å². The van der Waals surface area contributed by atoms with Gasteiger partial charge in [-0.25, -0.2) is 4.98 Å². The number of anilines is 1. The zero-order chi connectivity index (χ0) is 15.0. The normalized spacial score (nSPS) is 10.8. The fourth-order valence-electron chi connectivity index (χ4n) is 2.40. The summed E-state index contributed by atoms with van der Waals surface area (Å²) in [5.41, 5.74) is 5.58. The number of amides is 1. The maximum atomic E-state index is 11.0. The number of fused-ring (bicyclic) bond motifs is 1. The van der Waals surface area contributed by atoms with Crippen molar-refractivity contribution in [1.29, 1.82) is 0 Å². The molecule has 0 saturated carbocycles. The first-order chi connectivity index (χ1) is 10.0. The van der Waals surface area contributed by atoms with E-state index in [4.69, 9.17) is 4.42 Å². The molecule has 0 saturated heterocycles. The predicted molar refractivity (Wildman–Crippen MR) is 83.2 cm³/mol. The monoisotopic (exact) mass is 280 g/mol. The van der Waals surface area contributed by atoms with Crippen LogP contribution in [0.2, 0.25) is 0 Å². The van der Waals surface area contributed by atoms with Crippen molar-refractivity contribution < 1.29 is 9.21 Å². The van der Waals surface area contributed by atoms with E-state index in [-0.39, 0.29) is 5.91 Å². The predicted octanol–water partition coefficient (Wildman–Crippen LogP) is 4.07. The van der Waals surface area contributed by atoms with Crippen LogP contribution in [-0.4, -0.2) is 10.9 Å². The average molecular weight is 280 g/mol. The van der Waals surface area contributed by atoms with Gasteiger partial charge in [0.1, 0.15) is 5.52 Å². The molecule has 106 valence electrons. The fourth-order valence-corrected chi connectivity index (χ4v) is 2.40. The lowest BCUT2D eigenvalue weighted by molar-refractivity contribution is -0.114. The van der Waals surface area contributed by atoms with Gasteiger partial charge in [-0.1, -0.05) is 6.07 Å². The van der Waals surface area contributed by atoms with E-state index in [1.54, 1.807) is 0 Å². The van der Waals surface area contributed by atoms with Gasteiger partial charge >= 0.3 is 0 Å². The quantitative estimate of drug-likeness (QED) is 0.769. The van der Waals surface area contributed by atoms with E-state index < -0.39 is 0 Å². The molecule has 0 aliphatic heterocycles. The molecule has 3 rings (SSSR count). The second-order valence-electron chi connectivity index (χ2n) is 5.21. The van der Waals surface area contributed by atoms with Gasteiger partial charge < -0.3 is 9.73 Å². The van der Waals surface area contributed by atoms with E-state index in [9.17, 15) is 4.79 Å². The SMILES string of the molecule is CC(=O)Nc1ccc(-c2nc3cc(C)cc(C)c3o2)cc1. The summed E-state index contributed by atoms with van der Waals surface area (Å²) in [5.74, 6) is 0.504. The molecule has 0 unspecified atom stereocenters. The van der Waals surface area contributed by atoms with E-state index in [0.717, 1.165) is 27.9 Å². The molecular weight excluding hydrogens is 264 g/mol. The highest BCUT2D eigenvalue weighted by Gasteiger charge is 2.10. The zero-order valence-electron chi connectivity index (χ0n) is 12.2. The molecule has 0 radical (unpaired) electrons. The minimum Gasteiger partial charge on any atom is -0.436 e. The molecule has 0 atom stereocenters. The standard InChI is InChI=1S/C17H16N2O2/c1-10-8-11(2)16-15(9-10)19-17(21-16)13-4-6-14(7-5-13)18-12(3)20/h4-9H,1-3H3,(H,18,20). The Hall–Kier alpha value is -2.62. The van der Waals surface area contributed by atoms with E-state index >= 15 is 0 Å². The molecule has 1 heterocycles. The third kappa shape index (κ3) is 2.65. The summed E-state index contributed by atoms with van der Waals surface area (Å²) in [6, 6.07) is 11.5. The molecule has 0 fully saturated rings. The molecule has 3 aromatic rings. The zero-order valence-corrected chi connectivity index (χ0v) is 12.2. The van der Waals surface area contributed by atoms with Gasteiger partial charge in [0.05, 0.1) is 0 Å². The summed E-state index contributed by atoms with van der Waals surface area (Å²) in [4.78, 5) is 15.6. The third-order valence-corrected chi connectivity index (χ3v) is 3.27. The molecule has 0 bridgehead atoms. The number of hydrogen-bond donors (Lipinski definition) is 1. The lowest BCUT2D eigenvalue weighted by Gasteiger charge is -2.01. The van der Waals surface area contributed by atoms with E-state index in [1.807, 2.05) is 44.2 Å². The van der Waals surface area contributed by atoms with Crippen molar-refractivity contribution in [3.63, 3.8) is 0 Å². The van der Waals surface area contributed by atoms with Crippen molar-refractivity contribution in [3.8, 4) is 11.5 Å². The van der Waals surface area contributed by atoms with Crippen LogP contribution in [0, 0.1) is 13.8 Å². The number of aromatic nitrogens is 1. The Labute approximate surface area is 122 Å². The van der Waals surface area contributed by atoms with Crippen molar-refractivity contribution in [2.45, 2.75) is 20.8 Å². The molecule has 1 N–H and O–H groups in total. The molecule has 1 amide bonds. The molecule has 1 aromatic heterocycles. The number of nitrogens with one attached hydrogen (secondary N) is 1. The van der Waals surface area contributed by atoms with Gasteiger partial charge in [-0.3, -0.25) is 4.79 Å². The van der Waals surface area contributed by atoms with E-state index in [1.165, 1.54) is 12.5 Å². The number of carbonyl (C=O) groups is 1. The van der Waals surface area contributed by atoms with E-state index in [0.29, 0.717) is 5.89 Å². The summed E-state index contributed by atoms with van der Waals surface area (Å²) in [5, 5.41) is 2.74. The minimum atomic E-state index is -0.0873. The number of benzene rings is 2. The van der Waals surface area contributed by atoms with Crippen LogP contribution in [0.15, 0.2) is 40.8 Å². The summed E-state index contributed by atoms with van der Waals surface area (Å²) >= 11 is 0. The number of oxazole rings is 1. The van der Waals surface area contributed by atoms with Gasteiger partial charge in [-0.2, -0.15) is 0 Å². The molecule has 0 spiro atoms. The Morgan fingerprint density at radius 3 is 2.52 bits per heavy atom. The molecule has 4 heteroatoms. The van der Waals surface area contributed by atoms with Crippen LogP contribution in [0.25, 0.3) is 22.6 Å². The van der Waals surface area contributed by atoms with Gasteiger partial charge in [-0.15, -0.1) is 0 Å². The van der Waals surface area contributed by atoms with Crippen LogP contribution in [0.4, 0.5) is 5.69 Å². The van der Waals surface area contributed by atoms with E-state index in [2.05, 4.69) is 16.4 Å². The molecule has 4 nitrogen and oxygen atoms in total. The first-order valence-electron chi connectivity index (χ1n) is 6.79. The lowest BCUT2D eigenvalue weighted by Crippen LogP contribution is -2.05. The molecule has 21 heavy (non-hydrogen) atoms. The topological polar surface area (TPSA) is 55.1 Å². The smallest absolute Gasteiger partial charge is 0.227 e. The van der Waals surface area contributed by atoms with Crippen molar-refractivity contribution in [2.24, 2.45) is 0 Å². The Balaban J connectivity index is 2.00. The summed E-state index contributed by atoms with van der Waals surface area (Å²) in [6.45, 7) is 5.55. The summed E-state index contributed by atoms with van der Waals surface area (Å²) in [6.07, 6.45) is 0. The Kier molecular flexibility index (Phi) is 3.22. The number of carbonyl (C=O) groups excluding carboxylic acids is 1. The van der Waals surface area contributed by atoms with Crippen LogP contribution in [-0.2, 0) is 4.79 Å².